The molecule has 1 amide bonds. The highest BCUT2D eigenvalue weighted by molar-refractivity contribution is 7.15. The number of hydrogen-bond donors (Lipinski definition) is 1. The summed E-state index contributed by atoms with van der Waals surface area (Å²) < 4.78 is 6.97. The molecule has 0 saturated carbocycles. The average Bonchev–Trinajstić information content (AvgIpc) is 3.23. The molecule has 1 N–H and O–H groups in total. The smallest absolute Gasteiger partial charge is 0.274 e. The van der Waals surface area contributed by atoms with Gasteiger partial charge in [0.1, 0.15) is 17.3 Å². The van der Waals surface area contributed by atoms with Gasteiger partial charge in [-0.2, -0.15) is 0 Å². The van der Waals surface area contributed by atoms with Crippen LogP contribution in [0.25, 0.3) is 16.2 Å². The third-order valence-corrected chi connectivity index (χ3v) is 4.57. The number of ether oxygens (including phenoxy) is 1. The molecular formula is C18H14N4O2S. The third kappa shape index (κ3) is 2.97. The number of imidazole rings is 1. The van der Waals surface area contributed by atoms with E-state index in [1.54, 1.807) is 35.2 Å². The summed E-state index contributed by atoms with van der Waals surface area (Å²) in [7, 11) is 1.63. The molecule has 0 fully saturated rings. The first-order valence-corrected chi connectivity index (χ1v) is 8.46. The quantitative estimate of drug-likeness (QED) is 0.609. The predicted octanol–water partition coefficient (Wildman–Crippen LogP) is 3.72. The molecule has 25 heavy (non-hydrogen) atoms. The topological polar surface area (TPSA) is 68.5 Å². The van der Waals surface area contributed by atoms with Gasteiger partial charge in [0.05, 0.1) is 12.8 Å². The van der Waals surface area contributed by atoms with E-state index in [1.165, 1.54) is 11.3 Å². The molecular weight excluding hydrogens is 336 g/mol. The van der Waals surface area contributed by atoms with Gasteiger partial charge in [0.2, 0.25) is 0 Å². The van der Waals surface area contributed by atoms with Crippen molar-refractivity contribution in [3.63, 3.8) is 0 Å². The van der Waals surface area contributed by atoms with Crippen molar-refractivity contribution in [2.45, 2.75) is 0 Å². The summed E-state index contributed by atoms with van der Waals surface area (Å²) in [5.41, 5.74) is 2.30. The van der Waals surface area contributed by atoms with Crippen LogP contribution in [0.15, 0.2) is 60.2 Å². The highest BCUT2D eigenvalue weighted by atomic mass is 32.1. The molecule has 124 valence electrons. The molecule has 0 atom stereocenters. The van der Waals surface area contributed by atoms with E-state index in [9.17, 15) is 4.79 Å². The van der Waals surface area contributed by atoms with Crippen LogP contribution in [0, 0.1) is 0 Å². The van der Waals surface area contributed by atoms with Gasteiger partial charge in [-0.25, -0.2) is 9.97 Å². The molecule has 6 nitrogen and oxygen atoms in total. The van der Waals surface area contributed by atoms with Crippen LogP contribution in [0.2, 0.25) is 0 Å². The second-order valence-corrected chi connectivity index (χ2v) is 6.13. The van der Waals surface area contributed by atoms with Crippen LogP contribution in [0.5, 0.6) is 5.75 Å². The first-order valence-electron chi connectivity index (χ1n) is 7.58. The first-order chi connectivity index (χ1) is 12.2. The van der Waals surface area contributed by atoms with Crippen molar-refractivity contribution in [2.75, 3.05) is 12.4 Å². The number of nitrogens with one attached hydrogen (secondary N) is 1. The van der Waals surface area contributed by atoms with Crippen molar-refractivity contribution in [2.24, 2.45) is 0 Å². The predicted molar refractivity (Wildman–Crippen MR) is 97.2 cm³/mol. The lowest BCUT2D eigenvalue weighted by atomic mass is 10.2. The lowest BCUT2D eigenvalue weighted by Gasteiger charge is -2.02. The first kappa shape index (κ1) is 15.3. The standard InChI is InChI=1S/C18H14N4O2S/c1-24-13-7-5-12(6-8-13)14-10-22-15(11-25-18(22)20-14)17(23)21-16-4-2-3-9-19-16/h2-11H,1H3,(H,19,21,23). The van der Waals surface area contributed by atoms with Gasteiger partial charge in [0.15, 0.2) is 4.96 Å². The molecule has 0 spiro atoms. The van der Waals surface area contributed by atoms with Crippen molar-refractivity contribution in [1.29, 1.82) is 0 Å². The lowest BCUT2D eigenvalue weighted by Crippen LogP contribution is -2.14. The maximum atomic E-state index is 12.5. The monoisotopic (exact) mass is 350 g/mol. The fraction of sp³-hybridized carbons (Fsp3) is 0.0556. The van der Waals surface area contributed by atoms with Crippen molar-refractivity contribution in [1.82, 2.24) is 14.4 Å². The second kappa shape index (κ2) is 6.37. The fourth-order valence-corrected chi connectivity index (χ4v) is 3.32. The van der Waals surface area contributed by atoms with Crippen molar-refractivity contribution in [3.05, 3.63) is 65.9 Å². The number of carbonyl (C=O) groups excluding carboxylic acids is 1. The number of nitrogens with zero attached hydrogens (tertiary/aromatic N) is 3. The number of benzene rings is 1. The van der Waals surface area contributed by atoms with E-state index in [2.05, 4.69) is 15.3 Å². The molecule has 3 aromatic heterocycles. The van der Waals surface area contributed by atoms with Gasteiger partial charge in [0.25, 0.3) is 5.91 Å². The summed E-state index contributed by atoms with van der Waals surface area (Å²) >= 11 is 1.42. The molecule has 1 aromatic carbocycles. The molecule has 0 radical (unpaired) electrons. The number of fused-ring (bicyclic) bond motifs is 1. The minimum atomic E-state index is -0.219. The van der Waals surface area contributed by atoms with E-state index in [-0.39, 0.29) is 5.91 Å². The Morgan fingerprint density at radius 3 is 2.76 bits per heavy atom. The minimum absolute atomic E-state index is 0.219. The Morgan fingerprint density at radius 2 is 2.04 bits per heavy atom. The highest BCUT2D eigenvalue weighted by Crippen LogP contribution is 2.25. The van der Waals surface area contributed by atoms with E-state index in [1.807, 2.05) is 36.5 Å². The molecule has 0 bridgehead atoms. The van der Waals surface area contributed by atoms with Gasteiger partial charge >= 0.3 is 0 Å². The Bertz CT molecular complexity index is 1020. The van der Waals surface area contributed by atoms with Gasteiger partial charge in [-0.1, -0.05) is 6.07 Å². The molecule has 0 aliphatic carbocycles. The number of amides is 1. The summed E-state index contributed by atoms with van der Waals surface area (Å²) in [6.45, 7) is 0. The van der Waals surface area contributed by atoms with E-state index in [0.29, 0.717) is 11.5 Å². The van der Waals surface area contributed by atoms with Gasteiger partial charge in [-0.15, -0.1) is 11.3 Å². The second-order valence-electron chi connectivity index (χ2n) is 5.30. The van der Waals surface area contributed by atoms with Crippen LogP contribution >= 0.6 is 11.3 Å². The van der Waals surface area contributed by atoms with Crippen molar-refractivity contribution in [3.8, 4) is 17.0 Å². The summed E-state index contributed by atoms with van der Waals surface area (Å²) in [5.74, 6) is 1.09. The molecule has 0 aliphatic heterocycles. The average molecular weight is 350 g/mol. The summed E-state index contributed by atoms with van der Waals surface area (Å²) in [6, 6.07) is 13.0. The summed E-state index contributed by atoms with van der Waals surface area (Å²) in [5, 5.41) is 4.58. The summed E-state index contributed by atoms with van der Waals surface area (Å²) in [6.07, 6.45) is 3.50. The molecule has 0 saturated heterocycles. The maximum Gasteiger partial charge on any atom is 0.274 e. The number of hydrogen-bond acceptors (Lipinski definition) is 5. The van der Waals surface area contributed by atoms with Crippen LogP contribution < -0.4 is 10.1 Å². The number of carbonyl (C=O) groups is 1. The molecule has 4 rings (SSSR count). The van der Waals surface area contributed by atoms with Crippen molar-refractivity contribution >= 4 is 28.0 Å². The van der Waals surface area contributed by atoms with E-state index < -0.39 is 0 Å². The highest BCUT2D eigenvalue weighted by Gasteiger charge is 2.15. The molecule has 4 aromatic rings. The zero-order valence-corrected chi connectivity index (χ0v) is 14.2. The normalized spacial score (nSPS) is 10.8. The zero-order valence-electron chi connectivity index (χ0n) is 13.3. The minimum Gasteiger partial charge on any atom is -0.497 e. The Morgan fingerprint density at radius 1 is 1.20 bits per heavy atom. The Hall–Kier alpha value is -3.19. The molecule has 0 aliphatic rings. The van der Waals surface area contributed by atoms with Gasteiger partial charge in [0, 0.05) is 23.3 Å². The van der Waals surface area contributed by atoms with Crippen LogP contribution in [0.4, 0.5) is 5.82 Å². The van der Waals surface area contributed by atoms with E-state index in [0.717, 1.165) is 22.0 Å². The number of anilines is 1. The van der Waals surface area contributed by atoms with Crippen LogP contribution in [0.1, 0.15) is 10.5 Å². The van der Waals surface area contributed by atoms with Gasteiger partial charge in [-0.3, -0.25) is 9.20 Å². The summed E-state index contributed by atoms with van der Waals surface area (Å²) in [4.78, 5) is 22.0. The Kier molecular flexibility index (Phi) is 3.91. The third-order valence-electron chi connectivity index (χ3n) is 3.73. The van der Waals surface area contributed by atoms with Crippen molar-refractivity contribution < 1.29 is 9.53 Å². The van der Waals surface area contributed by atoms with Crippen LogP contribution in [0.3, 0.4) is 0 Å². The van der Waals surface area contributed by atoms with E-state index >= 15 is 0 Å². The number of rotatable bonds is 4. The molecule has 7 heteroatoms. The lowest BCUT2D eigenvalue weighted by molar-refractivity contribution is 0.102. The zero-order chi connectivity index (χ0) is 17.2. The van der Waals surface area contributed by atoms with Crippen LogP contribution in [-0.2, 0) is 0 Å². The fourth-order valence-electron chi connectivity index (χ4n) is 2.47. The van der Waals surface area contributed by atoms with Gasteiger partial charge in [-0.05, 0) is 36.4 Å². The number of aromatic nitrogens is 3. The Labute approximate surface area is 147 Å². The SMILES string of the molecule is COc1ccc(-c2cn3c(C(=O)Nc4ccccn4)csc3n2)cc1. The number of methoxy groups -OCH3 is 1. The van der Waals surface area contributed by atoms with Gasteiger partial charge < -0.3 is 10.1 Å². The largest absolute Gasteiger partial charge is 0.497 e. The number of thiazole rings is 1. The van der Waals surface area contributed by atoms with Crippen LogP contribution in [-0.4, -0.2) is 27.4 Å². The van der Waals surface area contributed by atoms with E-state index in [4.69, 9.17) is 4.74 Å². The Balaban J connectivity index is 1.64. The maximum absolute atomic E-state index is 12.5. The molecule has 3 heterocycles. The number of pyridine rings is 1. The molecule has 0 unspecified atom stereocenters.